The van der Waals surface area contributed by atoms with E-state index in [2.05, 4.69) is 125 Å². The van der Waals surface area contributed by atoms with Gasteiger partial charge >= 0.3 is 0 Å². The van der Waals surface area contributed by atoms with Gasteiger partial charge in [-0.05, 0) is 35.4 Å². The maximum absolute atomic E-state index is 5.35. The topological polar surface area (TPSA) is 29.3 Å². The van der Waals surface area contributed by atoms with E-state index >= 15 is 0 Å². The number of para-hydroxylation sites is 2. The van der Waals surface area contributed by atoms with Crippen LogP contribution in [-0.2, 0) is 0 Å². The van der Waals surface area contributed by atoms with Crippen molar-refractivity contribution in [1.29, 1.82) is 0 Å². The molecule has 0 fully saturated rings. The van der Waals surface area contributed by atoms with E-state index in [-0.39, 0.29) is 6.04 Å². The second kappa shape index (κ2) is 7.74. The fourth-order valence-corrected chi connectivity index (χ4v) is 7.29. The molecular formula is C32H23N3S. The van der Waals surface area contributed by atoms with Gasteiger partial charge in [0.25, 0.3) is 0 Å². The zero-order valence-electron chi connectivity index (χ0n) is 19.5. The molecule has 0 amide bonds. The summed E-state index contributed by atoms with van der Waals surface area (Å²) in [6, 6.07) is 32.6. The van der Waals surface area contributed by atoms with E-state index in [4.69, 9.17) is 4.99 Å². The molecule has 1 aromatic heterocycles. The Hall–Kier alpha value is -4.02. The normalized spacial score (nSPS) is 21.7. The summed E-state index contributed by atoms with van der Waals surface area (Å²) in [5.74, 6) is 1.29. The van der Waals surface area contributed by atoms with Gasteiger partial charge in [0.2, 0.25) is 5.96 Å². The Kier molecular flexibility index (Phi) is 4.34. The largest absolute Gasteiger partial charge is 0.325 e. The van der Waals surface area contributed by atoms with Gasteiger partial charge in [-0.1, -0.05) is 91.0 Å². The number of benzene rings is 4. The van der Waals surface area contributed by atoms with Crippen molar-refractivity contribution in [3.8, 4) is 0 Å². The lowest BCUT2D eigenvalue weighted by atomic mass is 9.92. The number of aliphatic imine (C=N–C) groups is 1. The highest BCUT2D eigenvalue weighted by molar-refractivity contribution is 8.00. The van der Waals surface area contributed by atoms with E-state index < -0.39 is 0 Å². The van der Waals surface area contributed by atoms with Crippen molar-refractivity contribution in [1.82, 2.24) is 4.57 Å². The van der Waals surface area contributed by atoms with Crippen LogP contribution in [0, 0.1) is 0 Å². The second-order valence-electron chi connectivity index (χ2n) is 9.62. The highest BCUT2D eigenvalue weighted by Gasteiger charge is 2.33. The average molecular weight is 482 g/mol. The summed E-state index contributed by atoms with van der Waals surface area (Å²) >= 11 is 1.98. The summed E-state index contributed by atoms with van der Waals surface area (Å²) in [6.45, 7) is 0. The molecule has 172 valence electrons. The van der Waals surface area contributed by atoms with E-state index in [1.54, 1.807) is 0 Å². The number of anilines is 1. The van der Waals surface area contributed by atoms with Crippen molar-refractivity contribution in [3.05, 3.63) is 132 Å². The van der Waals surface area contributed by atoms with E-state index in [1.165, 1.54) is 43.4 Å². The molecule has 2 aliphatic heterocycles. The van der Waals surface area contributed by atoms with E-state index in [9.17, 15) is 0 Å². The van der Waals surface area contributed by atoms with E-state index in [0.29, 0.717) is 11.2 Å². The molecule has 5 aromatic rings. The zero-order chi connectivity index (χ0) is 23.6. The quantitative estimate of drug-likeness (QED) is 0.264. The van der Waals surface area contributed by atoms with Crippen LogP contribution in [0.15, 0.2) is 125 Å². The number of nitrogens with one attached hydrogen (secondary N) is 1. The van der Waals surface area contributed by atoms with Gasteiger partial charge in [-0.2, -0.15) is 0 Å². The Labute approximate surface area is 213 Å². The lowest BCUT2D eigenvalue weighted by molar-refractivity contribution is 0.851. The molecule has 4 heteroatoms. The summed E-state index contributed by atoms with van der Waals surface area (Å²) in [7, 11) is 0. The molecule has 3 aliphatic rings. The minimum Gasteiger partial charge on any atom is -0.325 e. The first-order chi connectivity index (χ1) is 17.8. The number of fused-ring (bicyclic) bond motifs is 7. The molecular weight excluding hydrogens is 458 g/mol. The molecule has 0 saturated carbocycles. The standard InChI is InChI=1S/C32H23N3S/c1-2-10-20(11-3-1)31-23-14-4-7-15-26(23)33-32(34-31)35-27-16-8-5-12-21(27)24-19-30-25(18-28(24)35)22-13-6-9-17-29(22)36-30/h1-19,22,29,31H,(H,33,34). The Bertz CT molecular complexity index is 1760. The predicted octanol–water partition coefficient (Wildman–Crippen LogP) is 7.90. The highest BCUT2D eigenvalue weighted by atomic mass is 32.2. The lowest BCUT2D eigenvalue weighted by Crippen LogP contribution is -2.27. The zero-order valence-corrected chi connectivity index (χ0v) is 20.3. The fraction of sp³-hybridized carbons (Fsp3) is 0.0938. The summed E-state index contributed by atoms with van der Waals surface area (Å²) in [5.41, 5.74) is 7.31. The summed E-state index contributed by atoms with van der Waals surface area (Å²) in [4.78, 5) is 6.74. The molecule has 1 aliphatic carbocycles. The third kappa shape index (κ3) is 2.91. The minimum absolute atomic E-state index is 0.0596. The minimum atomic E-state index is -0.0596. The fourth-order valence-electron chi connectivity index (χ4n) is 5.93. The molecule has 3 heterocycles. The molecule has 0 radical (unpaired) electrons. The smallest absolute Gasteiger partial charge is 0.208 e. The number of nitrogens with zero attached hydrogens (tertiary/aromatic N) is 2. The van der Waals surface area contributed by atoms with E-state index in [1.807, 2.05) is 11.8 Å². The maximum Gasteiger partial charge on any atom is 0.208 e. The number of aromatic nitrogens is 1. The van der Waals surface area contributed by atoms with Crippen LogP contribution in [0.2, 0.25) is 0 Å². The van der Waals surface area contributed by atoms with Crippen LogP contribution in [0.5, 0.6) is 0 Å². The SMILES string of the molecule is C1=CC2Sc3cc4c5ccccc5n(C5=NC(c6ccccc6)c6ccccc6N5)c4cc3C2C=C1. The van der Waals surface area contributed by atoms with Crippen molar-refractivity contribution in [2.75, 3.05) is 5.32 Å². The van der Waals surface area contributed by atoms with Crippen LogP contribution in [0.1, 0.15) is 28.7 Å². The van der Waals surface area contributed by atoms with Crippen molar-refractivity contribution < 1.29 is 0 Å². The second-order valence-corrected chi connectivity index (χ2v) is 10.8. The molecule has 0 bridgehead atoms. The monoisotopic (exact) mass is 481 g/mol. The van der Waals surface area contributed by atoms with Crippen molar-refractivity contribution >= 4 is 45.2 Å². The first-order valence-corrected chi connectivity index (χ1v) is 13.3. The van der Waals surface area contributed by atoms with Gasteiger partial charge in [0, 0.05) is 38.1 Å². The predicted molar refractivity (Wildman–Crippen MR) is 151 cm³/mol. The molecule has 36 heavy (non-hydrogen) atoms. The average Bonchev–Trinajstić information content (AvgIpc) is 3.46. The van der Waals surface area contributed by atoms with Crippen LogP contribution in [0.25, 0.3) is 21.8 Å². The van der Waals surface area contributed by atoms with Crippen LogP contribution in [0.4, 0.5) is 5.69 Å². The number of hydrogen-bond acceptors (Lipinski definition) is 3. The molecule has 0 spiro atoms. The van der Waals surface area contributed by atoms with Crippen molar-refractivity contribution in [2.45, 2.75) is 22.1 Å². The molecule has 3 nitrogen and oxygen atoms in total. The number of allylic oxidation sites excluding steroid dienone is 3. The van der Waals surface area contributed by atoms with Crippen molar-refractivity contribution in [3.63, 3.8) is 0 Å². The summed E-state index contributed by atoms with van der Waals surface area (Å²) < 4.78 is 2.33. The Balaban J connectivity index is 1.39. The van der Waals surface area contributed by atoms with Gasteiger partial charge in [-0.15, -0.1) is 11.8 Å². The molecule has 3 atom stereocenters. The number of thioether (sulfide) groups is 1. The first kappa shape index (κ1) is 20.2. The van der Waals surface area contributed by atoms with Gasteiger partial charge in [-0.3, -0.25) is 4.57 Å². The number of hydrogen-bond donors (Lipinski definition) is 1. The van der Waals surface area contributed by atoms with E-state index in [0.717, 1.165) is 11.6 Å². The molecule has 4 aromatic carbocycles. The summed E-state index contributed by atoms with van der Waals surface area (Å²) in [5, 5.41) is 6.71. The number of rotatable bonds is 1. The third-order valence-electron chi connectivity index (χ3n) is 7.59. The van der Waals surface area contributed by atoms with Gasteiger partial charge in [0.15, 0.2) is 0 Å². The van der Waals surface area contributed by atoms with Gasteiger partial charge in [0.05, 0.1) is 11.0 Å². The van der Waals surface area contributed by atoms with Crippen LogP contribution in [0.3, 0.4) is 0 Å². The highest BCUT2D eigenvalue weighted by Crippen LogP contribution is 2.50. The molecule has 8 rings (SSSR count). The molecule has 0 saturated heterocycles. The molecule has 1 N–H and O–H groups in total. The Morgan fingerprint density at radius 3 is 2.47 bits per heavy atom. The molecule has 3 unspecified atom stereocenters. The van der Waals surface area contributed by atoms with Crippen LogP contribution >= 0.6 is 11.8 Å². The van der Waals surface area contributed by atoms with Gasteiger partial charge < -0.3 is 5.32 Å². The Morgan fingerprint density at radius 2 is 1.53 bits per heavy atom. The van der Waals surface area contributed by atoms with Crippen LogP contribution in [-0.4, -0.2) is 15.8 Å². The van der Waals surface area contributed by atoms with Crippen LogP contribution < -0.4 is 5.32 Å². The van der Waals surface area contributed by atoms with Gasteiger partial charge in [0.1, 0.15) is 6.04 Å². The summed E-state index contributed by atoms with van der Waals surface area (Å²) in [6.07, 6.45) is 9.04. The maximum atomic E-state index is 5.35. The Morgan fingerprint density at radius 1 is 0.722 bits per heavy atom. The van der Waals surface area contributed by atoms with Gasteiger partial charge in [-0.25, -0.2) is 4.99 Å². The first-order valence-electron chi connectivity index (χ1n) is 12.4. The third-order valence-corrected chi connectivity index (χ3v) is 8.92. The van der Waals surface area contributed by atoms with Crippen molar-refractivity contribution in [2.24, 2.45) is 4.99 Å². The lowest BCUT2D eigenvalue weighted by Gasteiger charge is -2.26.